The highest BCUT2D eigenvalue weighted by atomic mass is 32.1. The quantitative estimate of drug-likeness (QED) is 0.102. The minimum atomic E-state index is 0.710. The van der Waals surface area contributed by atoms with Crippen LogP contribution < -0.4 is 14.7 Å². The fourth-order valence-corrected chi connectivity index (χ4v) is 22.2. The second-order valence-electron chi connectivity index (χ2n) is 34.3. The van der Waals surface area contributed by atoms with Gasteiger partial charge in [-0.3, -0.25) is 0 Å². The molecule has 0 unspecified atom stereocenters. The summed E-state index contributed by atoms with van der Waals surface area (Å²) in [6.45, 7) is 0. The van der Waals surface area contributed by atoms with Gasteiger partial charge in [-0.25, -0.2) is 0 Å². The number of hydrogen-bond acceptors (Lipinski definition) is 6. The maximum atomic E-state index is 6.29. The third kappa shape index (κ3) is 15.8. The first-order valence-electron chi connectivity index (χ1n) is 44.3. The zero-order chi connectivity index (χ0) is 75.9. The Morgan fingerprint density at radius 3 is 0.912 bits per heavy atom. The van der Waals surface area contributed by atoms with Gasteiger partial charge in [0.1, 0.15) is 22.3 Å². The Bertz CT molecular complexity index is 5470. The molecule has 0 N–H and O–H groups in total. The SMILES string of the molecule is c1ccc2c(c1)oc1ccc(N(c3ccc(C4CCCCC4)cc3)c3ccc(C4CCCCC4)cc3)cc12.c1ccc2c(c1)oc1cccc(N(c3ccc(C4CCCCC4)cc3)c3ccc(C4CCCCC4)cc3)c12.c1ccc2c(c1)sc1c(N(c3ccc(C4CCCCC4)cc3)c3ccc(C4CCCCC4)cc3)cccc12. The molecule has 6 aliphatic carbocycles. The van der Waals surface area contributed by atoms with Crippen molar-refractivity contribution in [3.8, 4) is 0 Å². The number of anilines is 9. The van der Waals surface area contributed by atoms with Crippen molar-refractivity contribution in [3.05, 3.63) is 306 Å². The molecule has 6 saturated carbocycles. The van der Waals surface area contributed by atoms with E-state index in [0.29, 0.717) is 11.8 Å². The highest BCUT2D eigenvalue weighted by Crippen LogP contribution is 2.50. The Morgan fingerprint density at radius 1 is 0.211 bits per heavy atom. The number of benzene rings is 12. The molecule has 15 aromatic rings. The molecule has 12 aromatic carbocycles. The predicted octanol–water partition coefficient (Wildman–Crippen LogP) is 33.9. The number of para-hydroxylation sites is 2. The minimum Gasteiger partial charge on any atom is -0.456 e. The summed E-state index contributed by atoms with van der Waals surface area (Å²) in [7, 11) is 0. The Labute approximate surface area is 680 Å². The number of nitrogens with zero attached hydrogens (tertiary/aromatic N) is 3. The van der Waals surface area contributed by atoms with Crippen LogP contribution in [0.5, 0.6) is 0 Å². The Balaban J connectivity index is 0.000000115. The van der Waals surface area contributed by atoms with Crippen LogP contribution in [0.1, 0.15) is 262 Å². The summed E-state index contributed by atoms with van der Waals surface area (Å²) in [6, 6.07) is 102. The van der Waals surface area contributed by atoms with E-state index in [0.717, 1.165) is 46.0 Å². The van der Waals surface area contributed by atoms with E-state index in [9.17, 15) is 0 Å². The van der Waals surface area contributed by atoms with Crippen molar-refractivity contribution in [2.75, 3.05) is 14.7 Å². The van der Waals surface area contributed by atoms with E-state index in [1.807, 2.05) is 17.4 Å². The molecule has 0 aliphatic heterocycles. The normalized spacial score (nSPS) is 17.3. The summed E-state index contributed by atoms with van der Waals surface area (Å²) < 4.78 is 15.2. The van der Waals surface area contributed by atoms with Gasteiger partial charge in [0.2, 0.25) is 0 Å². The first-order valence-corrected chi connectivity index (χ1v) is 45.1. The van der Waals surface area contributed by atoms with Gasteiger partial charge in [0.25, 0.3) is 0 Å². The van der Waals surface area contributed by atoms with Crippen molar-refractivity contribution in [2.24, 2.45) is 0 Å². The molecular formula is C108H111N3O2S. The predicted molar refractivity (Wildman–Crippen MR) is 486 cm³/mol. The van der Waals surface area contributed by atoms with Crippen LogP contribution in [0.25, 0.3) is 64.0 Å². The number of rotatable bonds is 15. The van der Waals surface area contributed by atoms with Gasteiger partial charge in [0, 0.05) is 71.4 Å². The second-order valence-corrected chi connectivity index (χ2v) is 35.4. The van der Waals surface area contributed by atoms with Crippen LogP contribution in [-0.2, 0) is 0 Å². The van der Waals surface area contributed by atoms with Gasteiger partial charge in [-0.1, -0.05) is 261 Å². The number of hydrogen-bond donors (Lipinski definition) is 0. The van der Waals surface area contributed by atoms with Crippen molar-refractivity contribution >= 4 is 127 Å². The van der Waals surface area contributed by atoms with Crippen molar-refractivity contribution in [1.82, 2.24) is 0 Å². The molecular weight excluding hydrogens is 1400 g/mol. The standard InChI is InChI=1S/2C36H37NO.C36H37NS/c1-3-10-26(11-4-1)28-18-22-30(23-19-28)37(31-24-20-29(21-25-31)27-12-5-2-6-13-27)33-15-9-17-35-36(33)32-14-7-8-16-34(32)38-35;1-3-9-26(10-4-1)28-15-19-30(20-16-28)37(31-21-17-29(18-22-31)27-11-5-2-6-12-27)32-23-24-36-34(25-32)33-13-7-8-14-35(33)38-36;1-3-10-26(11-4-1)28-18-22-30(23-19-28)37(31-24-20-29(21-25-31)27-12-5-2-6-13-27)34-16-9-15-33-32-14-7-8-17-35(32)38-36(33)34/h7-9,14-27H,1-6,10-13H2;7-8,13-27H,1-6,9-12H2;7-9,14-27H,1-6,10-13H2. The van der Waals surface area contributed by atoms with Gasteiger partial charge < -0.3 is 23.5 Å². The first kappa shape index (κ1) is 74.0. The van der Waals surface area contributed by atoms with Crippen molar-refractivity contribution in [2.45, 2.75) is 228 Å². The van der Waals surface area contributed by atoms with Crippen LogP contribution in [0.3, 0.4) is 0 Å². The summed E-state index contributed by atoms with van der Waals surface area (Å²) in [6.07, 6.45) is 40.8. The van der Waals surface area contributed by atoms with Gasteiger partial charge in [-0.2, -0.15) is 0 Å². The molecule has 0 amide bonds. The molecule has 576 valence electrons. The smallest absolute Gasteiger partial charge is 0.137 e. The average Bonchev–Trinajstić information content (AvgIpc) is 1.60. The molecule has 6 heteroatoms. The Hall–Kier alpha value is -10.1. The molecule has 0 saturated heterocycles. The van der Waals surface area contributed by atoms with E-state index >= 15 is 0 Å². The monoisotopic (exact) mass is 1510 g/mol. The summed E-state index contributed by atoms with van der Waals surface area (Å²) in [5.41, 5.74) is 23.7. The lowest BCUT2D eigenvalue weighted by molar-refractivity contribution is 0.443. The van der Waals surface area contributed by atoms with Gasteiger partial charge in [0.15, 0.2) is 0 Å². The molecule has 0 atom stereocenters. The average molecular weight is 1520 g/mol. The zero-order valence-corrected chi connectivity index (χ0v) is 67.5. The molecule has 3 heterocycles. The fourth-order valence-electron chi connectivity index (χ4n) is 21.0. The maximum Gasteiger partial charge on any atom is 0.137 e. The molecule has 0 radical (unpaired) electrons. The molecule has 6 aliphatic rings. The molecule has 0 bridgehead atoms. The molecule has 114 heavy (non-hydrogen) atoms. The van der Waals surface area contributed by atoms with Crippen LogP contribution >= 0.6 is 11.3 Å². The van der Waals surface area contributed by atoms with Gasteiger partial charge in [-0.15, -0.1) is 11.3 Å². The summed E-state index contributed by atoms with van der Waals surface area (Å²) in [5.74, 6) is 4.31. The van der Waals surface area contributed by atoms with Crippen molar-refractivity contribution < 1.29 is 8.83 Å². The lowest BCUT2D eigenvalue weighted by Gasteiger charge is -2.28. The third-order valence-corrected chi connectivity index (χ3v) is 28.4. The summed E-state index contributed by atoms with van der Waals surface area (Å²) in [5, 5.41) is 7.39. The van der Waals surface area contributed by atoms with Crippen LogP contribution in [-0.4, -0.2) is 0 Å². The Morgan fingerprint density at radius 2 is 0.500 bits per heavy atom. The van der Waals surface area contributed by atoms with E-state index in [2.05, 4.69) is 282 Å². The summed E-state index contributed by atoms with van der Waals surface area (Å²) in [4.78, 5) is 7.34. The highest BCUT2D eigenvalue weighted by Gasteiger charge is 2.27. The zero-order valence-electron chi connectivity index (χ0n) is 66.7. The van der Waals surface area contributed by atoms with Crippen LogP contribution in [0.15, 0.2) is 282 Å². The van der Waals surface area contributed by atoms with E-state index < -0.39 is 0 Å². The van der Waals surface area contributed by atoms with E-state index in [4.69, 9.17) is 8.83 Å². The van der Waals surface area contributed by atoms with Crippen LogP contribution in [0.2, 0.25) is 0 Å². The molecule has 21 rings (SSSR count). The highest BCUT2D eigenvalue weighted by molar-refractivity contribution is 7.26. The number of thiophene rings is 1. The molecule has 3 aromatic heterocycles. The minimum absolute atomic E-state index is 0.710. The van der Waals surface area contributed by atoms with E-state index in [-0.39, 0.29) is 0 Å². The second kappa shape index (κ2) is 34.5. The van der Waals surface area contributed by atoms with Crippen molar-refractivity contribution in [1.29, 1.82) is 0 Å². The van der Waals surface area contributed by atoms with Crippen LogP contribution in [0.4, 0.5) is 51.2 Å². The number of fused-ring (bicyclic) bond motifs is 9. The van der Waals surface area contributed by atoms with E-state index in [1.54, 1.807) is 0 Å². The molecule has 6 fully saturated rings. The molecule has 5 nitrogen and oxygen atoms in total. The fraction of sp³-hybridized carbons (Fsp3) is 0.333. The largest absolute Gasteiger partial charge is 0.456 e. The van der Waals surface area contributed by atoms with Gasteiger partial charge in [-0.05, 0) is 273 Å². The summed E-state index contributed by atoms with van der Waals surface area (Å²) >= 11 is 1.92. The van der Waals surface area contributed by atoms with E-state index in [1.165, 1.54) is 319 Å². The molecule has 0 spiro atoms. The number of furan rings is 2. The Kier molecular flexibility index (Phi) is 22.4. The van der Waals surface area contributed by atoms with Gasteiger partial charge >= 0.3 is 0 Å². The van der Waals surface area contributed by atoms with Crippen molar-refractivity contribution in [3.63, 3.8) is 0 Å². The maximum absolute atomic E-state index is 6.29. The third-order valence-electron chi connectivity index (χ3n) is 27.2. The van der Waals surface area contributed by atoms with Gasteiger partial charge in [0.05, 0.1) is 21.5 Å². The lowest BCUT2D eigenvalue weighted by Crippen LogP contribution is -2.11. The van der Waals surface area contributed by atoms with Crippen LogP contribution in [0, 0.1) is 0 Å². The lowest BCUT2D eigenvalue weighted by atomic mass is 9.84. The first-order chi connectivity index (χ1) is 56.5. The topological polar surface area (TPSA) is 36.0 Å².